The highest BCUT2D eigenvalue weighted by Gasteiger charge is 2.16. The molecule has 0 spiro atoms. The van der Waals surface area contributed by atoms with E-state index in [9.17, 15) is 0 Å². The van der Waals surface area contributed by atoms with Crippen LogP contribution in [0.4, 0.5) is 5.95 Å². The number of nitrogens with zero attached hydrogens (tertiary/aromatic N) is 3. The number of aromatic nitrogens is 2. The van der Waals surface area contributed by atoms with E-state index in [1.54, 1.807) is 0 Å². The predicted octanol–water partition coefficient (Wildman–Crippen LogP) is 3.04. The maximum atomic E-state index is 4.71. The van der Waals surface area contributed by atoms with E-state index in [2.05, 4.69) is 51.8 Å². The molecule has 0 aliphatic heterocycles. The number of nitrogens with one attached hydrogen (secondary N) is 1. The zero-order valence-electron chi connectivity index (χ0n) is 14.0. The van der Waals surface area contributed by atoms with E-state index < -0.39 is 0 Å². The molecule has 0 saturated carbocycles. The molecular formula is C16H30N4. The Balaban J connectivity index is 2.93. The summed E-state index contributed by atoms with van der Waals surface area (Å²) < 4.78 is 0. The molecule has 0 radical (unpaired) electrons. The fourth-order valence-electron chi connectivity index (χ4n) is 2.67. The van der Waals surface area contributed by atoms with Crippen molar-refractivity contribution < 1.29 is 0 Å². The van der Waals surface area contributed by atoms with Crippen LogP contribution in [-0.2, 0) is 0 Å². The number of hydrogen-bond donors (Lipinski definition) is 1. The van der Waals surface area contributed by atoms with Gasteiger partial charge in [-0.2, -0.15) is 0 Å². The monoisotopic (exact) mass is 278 g/mol. The smallest absolute Gasteiger partial charge is 0.225 e. The van der Waals surface area contributed by atoms with Crippen molar-refractivity contribution in [2.24, 2.45) is 0 Å². The van der Waals surface area contributed by atoms with Crippen molar-refractivity contribution >= 4 is 5.95 Å². The van der Waals surface area contributed by atoms with E-state index in [0.717, 1.165) is 43.5 Å². The molecule has 0 amide bonds. The summed E-state index contributed by atoms with van der Waals surface area (Å²) >= 11 is 0. The zero-order chi connectivity index (χ0) is 15.1. The molecule has 20 heavy (non-hydrogen) atoms. The third-order valence-electron chi connectivity index (χ3n) is 3.73. The SMILES string of the molecule is CCCNCC(C)c1c(C)nc(N(CC)CC)nc1C. The molecule has 1 heterocycles. The van der Waals surface area contributed by atoms with Crippen LogP contribution in [0.3, 0.4) is 0 Å². The van der Waals surface area contributed by atoms with Gasteiger partial charge in [0.15, 0.2) is 0 Å². The fraction of sp³-hybridized carbons (Fsp3) is 0.750. The van der Waals surface area contributed by atoms with E-state index in [1.807, 2.05) is 0 Å². The molecule has 0 fully saturated rings. The first-order valence-corrected chi connectivity index (χ1v) is 7.85. The summed E-state index contributed by atoms with van der Waals surface area (Å²) in [5.41, 5.74) is 3.53. The number of hydrogen-bond acceptors (Lipinski definition) is 4. The molecule has 0 saturated heterocycles. The van der Waals surface area contributed by atoms with Crippen LogP contribution >= 0.6 is 0 Å². The molecule has 1 atom stereocenters. The first kappa shape index (κ1) is 16.9. The second-order valence-corrected chi connectivity index (χ2v) is 5.39. The lowest BCUT2D eigenvalue weighted by Gasteiger charge is -2.22. The van der Waals surface area contributed by atoms with Gasteiger partial charge < -0.3 is 10.2 Å². The lowest BCUT2D eigenvalue weighted by atomic mass is 9.98. The summed E-state index contributed by atoms with van der Waals surface area (Å²) in [5.74, 6) is 1.31. The molecule has 0 bridgehead atoms. The molecular weight excluding hydrogens is 248 g/mol. The van der Waals surface area contributed by atoms with Crippen molar-refractivity contribution in [3.63, 3.8) is 0 Å². The van der Waals surface area contributed by atoms with Crippen LogP contribution in [-0.4, -0.2) is 36.1 Å². The van der Waals surface area contributed by atoms with E-state index >= 15 is 0 Å². The third kappa shape index (κ3) is 4.17. The zero-order valence-corrected chi connectivity index (χ0v) is 14.0. The van der Waals surface area contributed by atoms with E-state index in [0.29, 0.717) is 5.92 Å². The van der Waals surface area contributed by atoms with Gasteiger partial charge >= 0.3 is 0 Å². The third-order valence-corrected chi connectivity index (χ3v) is 3.73. The summed E-state index contributed by atoms with van der Waals surface area (Å²) in [4.78, 5) is 11.6. The normalized spacial score (nSPS) is 12.5. The standard InChI is InChI=1S/C16H30N4/c1-7-10-17-11-12(4)15-13(5)18-16(19-14(15)6)20(8-2)9-3/h12,17H,7-11H2,1-6H3. The first-order valence-electron chi connectivity index (χ1n) is 7.85. The van der Waals surface area contributed by atoms with Crippen molar-refractivity contribution in [1.82, 2.24) is 15.3 Å². The average molecular weight is 278 g/mol. The van der Waals surface area contributed by atoms with Crippen molar-refractivity contribution in [3.05, 3.63) is 17.0 Å². The minimum absolute atomic E-state index is 0.451. The maximum absolute atomic E-state index is 4.71. The minimum Gasteiger partial charge on any atom is -0.341 e. The lowest BCUT2D eigenvalue weighted by Crippen LogP contribution is -2.26. The molecule has 114 valence electrons. The van der Waals surface area contributed by atoms with Crippen LogP contribution in [0, 0.1) is 13.8 Å². The van der Waals surface area contributed by atoms with Crippen LogP contribution in [0.5, 0.6) is 0 Å². The van der Waals surface area contributed by atoms with Gasteiger partial charge in [-0.1, -0.05) is 13.8 Å². The summed E-state index contributed by atoms with van der Waals surface area (Å²) in [6, 6.07) is 0. The second kappa shape index (κ2) is 8.20. The van der Waals surface area contributed by atoms with Gasteiger partial charge in [-0.15, -0.1) is 0 Å². The van der Waals surface area contributed by atoms with Gasteiger partial charge in [-0.25, -0.2) is 9.97 Å². The molecule has 0 aliphatic carbocycles. The minimum atomic E-state index is 0.451. The molecule has 0 aliphatic rings. The molecule has 4 nitrogen and oxygen atoms in total. The highest BCUT2D eigenvalue weighted by atomic mass is 15.2. The Labute approximate surface area is 124 Å². The fourth-order valence-corrected chi connectivity index (χ4v) is 2.67. The van der Waals surface area contributed by atoms with Crippen LogP contribution in [0.25, 0.3) is 0 Å². The van der Waals surface area contributed by atoms with E-state index in [4.69, 9.17) is 9.97 Å². The topological polar surface area (TPSA) is 41.1 Å². The molecule has 1 aromatic rings. The van der Waals surface area contributed by atoms with Crippen LogP contribution < -0.4 is 10.2 Å². The molecule has 4 heteroatoms. The predicted molar refractivity (Wildman–Crippen MR) is 86.6 cm³/mol. The number of rotatable bonds is 8. The quantitative estimate of drug-likeness (QED) is 0.742. The molecule has 0 aromatic carbocycles. The largest absolute Gasteiger partial charge is 0.341 e. The Kier molecular flexibility index (Phi) is 6.93. The first-order chi connectivity index (χ1) is 9.54. The van der Waals surface area contributed by atoms with Gasteiger partial charge in [-0.3, -0.25) is 0 Å². The molecule has 1 aromatic heterocycles. The highest BCUT2D eigenvalue weighted by molar-refractivity contribution is 5.38. The van der Waals surface area contributed by atoms with Gasteiger partial charge in [0.25, 0.3) is 0 Å². The van der Waals surface area contributed by atoms with Gasteiger partial charge in [0.05, 0.1) is 0 Å². The Morgan fingerprint density at radius 1 is 1.05 bits per heavy atom. The van der Waals surface area contributed by atoms with Crippen molar-refractivity contribution in [2.75, 3.05) is 31.1 Å². The average Bonchev–Trinajstić information content (AvgIpc) is 2.39. The molecule has 1 N–H and O–H groups in total. The number of aryl methyl sites for hydroxylation is 2. The lowest BCUT2D eigenvalue weighted by molar-refractivity contribution is 0.600. The Morgan fingerprint density at radius 2 is 1.60 bits per heavy atom. The molecule has 1 rings (SSSR count). The maximum Gasteiger partial charge on any atom is 0.225 e. The summed E-state index contributed by atoms with van der Waals surface area (Å²) in [7, 11) is 0. The number of anilines is 1. The van der Waals surface area contributed by atoms with Crippen molar-refractivity contribution in [2.45, 2.75) is 53.9 Å². The van der Waals surface area contributed by atoms with Gasteiger partial charge in [0.1, 0.15) is 0 Å². The van der Waals surface area contributed by atoms with Crippen molar-refractivity contribution in [1.29, 1.82) is 0 Å². The van der Waals surface area contributed by atoms with Gasteiger partial charge in [0, 0.05) is 31.0 Å². The van der Waals surface area contributed by atoms with E-state index in [-0.39, 0.29) is 0 Å². The molecule has 1 unspecified atom stereocenters. The van der Waals surface area contributed by atoms with Crippen LogP contribution in [0.2, 0.25) is 0 Å². The Hall–Kier alpha value is -1.16. The van der Waals surface area contributed by atoms with Gasteiger partial charge in [0.2, 0.25) is 5.95 Å². The van der Waals surface area contributed by atoms with Crippen LogP contribution in [0.15, 0.2) is 0 Å². The van der Waals surface area contributed by atoms with E-state index in [1.165, 1.54) is 12.0 Å². The van der Waals surface area contributed by atoms with Crippen molar-refractivity contribution in [3.8, 4) is 0 Å². The second-order valence-electron chi connectivity index (χ2n) is 5.39. The Bertz CT molecular complexity index is 390. The summed E-state index contributed by atoms with van der Waals surface area (Å²) in [5, 5.41) is 3.48. The summed E-state index contributed by atoms with van der Waals surface area (Å²) in [6.07, 6.45) is 1.17. The van der Waals surface area contributed by atoms with Crippen LogP contribution in [0.1, 0.15) is 57.0 Å². The van der Waals surface area contributed by atoms with Gasteiger partial charge in [-0.05, 0) is 52.1 Å². The summed E-state index contributed by atoms with van der Waals surface area (Å²) in [6.45, 7) is 16.9. The Morgan fingerprint density at radius 3 is 2.05 bits per heavy atom. The highest BCUT2D eigenvalue weighted by Crippen LogP contribution is 2.23.